The number of fused-ring (bicyclic) bond motifs is 3. The van der Waals surface area contributed by atoms with Crippen LogP contribution in [0, 0.1) is 0 Å². The van der Waals surface area contributed by atoms with E-state index in [0.717, 1.165) is 34.3 Å². The van der Waals surface area contributed by atoms with Gasteiger partial charge in [-0.25, -0.2) is 4.98 Å². The molecule has 0 fully saturated rings. The van der Waals surface area contributed by atoms with E-state index in [4.69, 9.17) is 0 Å². The van der Waals surface area contributed by atoms with Gasteiger partial charge < -0.3 is 4.98 Å². The van der Waals surface area contributed by atoms with E-state index < -0.39 is 11.7 Å². The molecule has 3 heterocycles. The average Bonchev–Trinajstić information content (AvgIpc) is 3.13. The molecule has 4 rings (SSSR count). The number of hydrogen-bond acceptors (Lipinski definition) is 3. The lowest BCUT2D eigenvalue weighted by Gasteiger charge is -2.00. The van der Waals surface area contributed by atoms with Crippen molar-refractivity contribution >= 4 is 21.9 Å². The van der Waals surface area contributed by atoms with Crippen LogP contribution in [-0.2, 0) is 12.7 Å². The van der Waals surface area contributed by atoms with E-state index in [1.54, 1.807) is 6.20 Å². The Balaban J connectivity index is 1.72. The lowest BCUT2D eigenvalue weighted by atomic mass is 10.2. The molecular weight excluding hydrogens is 307 g/mol. The van der Waals surface area contributed by atoms with Crippen molar-refractivity contribution in [1.29, 1.82) is 0 Å². The zero-order chi connectivity index (χ0) is 16.0. The number of imidazole rings is 1. The number of aromatic amines is 1. The maximum atomic E-state index is 12.6. The molecule has 3 aromatic heterocycles. The predicted octanol–water partition coefficient (Wildman–Crippen LogP) is 3.37. The predicted molar refractivity (Wildman–Crippen MR) is 77.7 cm³/mol. The van der Waals surface area contributed by atoms with Gasteiger partial charge in [-0.15, -0.1) is 0 Å². The second-order valence-electron chi connectivity index (χ2n) is 5.15. The Labute approximate surface area is 127 Å². The molecule has 1 N–H and O–H groups in total. The van der Waals surface area contributed by atoms with Crippen LogP contribution in [0.4, 0.5) is 13.2 Å². The van der Waals surface area contributed by atoms with E-state index in [9.17, 15) is 13.2 Å². The maximum Gasteiger partial charge on any atom is 0.419 e. The van der Waals surface area contributed by atoms with E-state index in [0.29, 0.717) is 5.82 Å². The molecule has 0 unspecified atom stereocenters. The quantitative estimate of drug-likeness (QED) is 0.616. The topological polar surface area (TPSA) is 59.4 Å². The van der Waals surface area contributed by atoms with Gasteiger partial charge in [-0.3, -0.25) is 9.67 Å². The number of halogens is 3. The van der Waals surface area contributed by atoms with Crippen LogP contribution >= 0.6 is 0 Å². The number of H-pyrrole nitrogens is 1. The van der Waals surface area contributed by atoms with Gasteiger partial charge in [0.2, 0.25) is 0 Å². The lowest BCUT2D eigenvalue weighted by molar-refractivity contribution is -0.137. The fourth-order valence-electron chi connectivity index (χ4n) is 2.48. The lowest BCUT2D eigenvalue weighted by Crippen LogP contribution is -2.04. The van der Waals surface area contributed by atoms with Gasteiger partial charge in [-0.2, -0.15) is 18.3 Å². The third-order valence-electron chi connectivity index (χ3n) is 3.55. The second kappa shape index (κ2) is 4.80. The monoisotopic (exact) mass is 317 g/mol. The molecule has 8 heteroatoms. The number of para-hydroxylation sites is 1. The molecule has 0 amide bonds. The fourth-order valence-corrected chi connectivity index (χ4v) is 2.48. The van der Waals surface area contributed by atoms with Crippen LogP contribution in [0.1, 0.15) is 11.4 Å². The summed E-state index contributed by atoms with van der Waals surface area (Å²) in [7, 11) is 0. The van der Waals surface area contributed by atoms with E-state index >= 15 is 0 Å². The maximum absolute atomic E-state index is 12.6. The fraction of sp³-hybridized carbons (Fsp3) is 0.133. The Morgan fingerprint density at radius 3 is 2.74 bits per heavy atom. The van der Waals surface area contributed by atoms with Gasteiger partial charge in [-0.05, 0) is 6.07 Å². The van der Waals surface area contributed by atoms with Gasteiger partial charge in [0.25, 0.3) is 0 Å². The molecule has 0 bridgehead atoms. The highest BCUT2D eigenvalue weighted by atomic mass is 19.4. The van der Waals surface area contributed by atoms with Gasteiger partial charge in [0.15, 0.2) is 0 Å². The van der Waals surface area contributed by atoms with E-state index in [1.807, 2.05) is 24.3 Å². The van der Waals surface area contributed by atoms with Crippen molar-refractivity contribution in [2.75, 3.05) is 0 Å². The Bertz CT molecular complexity index is 999. The third kappa shape index (κ3) is 2.41. The van der Waals surface area contributed by atoms with Crippen LogP contribution in [0.2, 0.25) is 0 Å². The third-order valence-corrected chi connectivity index (χ3v) is 3.55. The van der Waals surface area contributed by atoms with Crippen LogP contribution in [-0.4, -0.2) is 24.7 Å². The number of hydrogen-bond donors (Lipinski definition) is 1. The highest BCUT2D eigenvalue weighted by Crippen LogP contribution is 2.28. The van der Waals surface area contributed by atoms with E-state index in [1.165, 1.54) is 4.68 Å². The molecule has 0 saturated carbocycles. The number of aromatic nitrogens is 5. The summed E-state index contributed by atoms with van der Waals surface area (Å²) in [5.41, 5.74) is 1.52. The summed E-state index contributed by atoms with van der Waals surface area (Å²) in [5.74, 6) is 0.523. The molecule has 0 aliphatic carbocycles. The first-order valence-electron chi connectivity index (χ1n) is 6.83. The molecule has 116 valence electrons. The number of rotatable bonds is 2. The first-order valence-corrected chi connectivity index (χ1v) is 6.83. The van der Waals surface area contributed by atoms with Gasteiger partial charge in [0, 0.05) is 11.6 Å². The van der Waals surface area contributed by atoms with Crippen molar-refractivity contribution < 1.29 is 13.2 Å². The van der Waals surface area contributed by atoms with Crippen molar-refractivity contribution in [3.63, 3.8) is 0 Å². The zero-order valence-corrected chi connectivity index (χ0v) is 11.7. The molecule has 23 heavy (non-hydrogen) atoms. The van der Waals surface area contributed by atoms with Crippen LogP contribution in [0.25, 0.3) is 21.9 Å². The van der Waals surface area contributed by atoms with Gasteiger partial charge in [-0.1, -0.05) is 18.2 Å². The number of pyridine rings is 1. The Hall–Kier alpha value is -2.90. The highest BCUT2D eigenvalue weighted by Gasteiger charge is 2.32. The van der Waals surface area contributed by atoms with Gasteiger partial charge in [0.1, 0.15) is 5.82 Å². The second-order valence-corrected chi connectivity index (χ2v) is 5.15. The zero-order valence-electron chi connectivity index (χ0n) is 11.7. The minimum atomic E-state index is -4.40. The standard InChI is InChI=1S/C15H10F3N5/c16-15(17,18)9-5-20-23(7-9)8-13-21-12-6-19-11-4-2-1-3-10(11)14(12)22-13/h1-7H,8H2,(H,21,22). The van der Waals surface area contributed by atoms with Crippen molar-refractivity contribution in [3.05, 3.63) is 54.2 Å². The van der Waals surface area contributed by atoms with Crippen molar-refractivity contribution in [1.82, 2.24) is 24.7 Å². The number of benzene rings is 1. The largest absolute Gasteiger partial charge is 0.419 e. The molecule has 0 aliphatic heterocycles. The Morgan fingerprint density at radius 2 is 1.96 bits per heavy atom. The first kappa shape index (κ1) is 13.7. The molecule has 1 aromatic carbocycles. The summed E-state index contributed by atoms with van der Waals surface area (Å²) in [6.07, 6.45) is -0.964. The molecule has 5 nitrogen and oxygen atoms in total. The van der Waals surface area contributed by atoms with E-state index in [-0.39, 0.29) is 6.54 Å². The summed E-state index contributed by atoms with van der Waals surface area (Å²) in [5, 5.41) is 4.62. The van der Waals surface area contributed by atoms with Crippen molar-refractivity contribution in [2.45, 2.75) is 12.7 Å². The highest BCUT2D eigenvalue weighted by molar-refractivity contribution is 6.01. The summed E-state index contributed by atoms with van der Waals surface area (Å²) in [6.45, 7) is 0.124. The van der Waals surface area contributed by atoms with E-state index in [2.05, 4.69) is 20.1 Å². The normalized spacial score (nSPS) is 12.3. The summed E-state index contributed by atoms with van der Waals surface area (Å²) in [4.78, 5) is 11.9. The molecule has 0 saturated heterocycles. The van der Waals surface area contributed by atoms with Crippen LogP contribution < -0.4 is 0 Å². The molecule has 0 atom stereocenters. The number of nitrogens with zero attached hydrogens (tertiary/aromatic N) is 4. The average molecular weight is 317 g/mol. The van der Waals surface area contributed by atoms with Gasteiger partial charge in [0.05, 0.1) is 41.1 Å². The molecule has 0 aliphatic rings. The Morgan fingerprint density at radius 1 is 1.13 bits per heavy atom. The molecule has 4 aromatic rings. The van der Waals surface area contributed by atoms with Crippen molar-refractivity contribution in [2.24, 2.45) is 0 Å². The SMILES string of the molecule is FC(F)(F)c1cnn(Cc2nc3c(cnc4ccccc43)[nH]2)c1. The number of nitrogens with one attached hydrogen (secondary N) is 1. The Kier molecular flexibility index (Phi) is 2.87. The van der Waals surface area contributed by atoms with Crippen LogP contribution in [0.3, 0.4) is 0 Å². The molecule has 0 radical (unpaired) electrons. The van der Waals surface area contributed by atoms with Gasteiger partial charge >= 0.3 is 6.18 Å². The molecule has 0 spiro atoms. The van der Waals surface area contributed by atoms with Crippen LogP contribution in [0.15, 0.2) is 42.9 Å². The summed E-state index contributed by atoms with van der Waals surface area (Å²) >= 11 is 0. The minimum absolute atomic E-state index is 0.124. The number of alkyl halides is 3. The first-order chi connectivity index (χ1) is 11.0. The van der Waals surface area contributed by atoms with Crippen molar-refractivity contribution in [3.8, 4) is 0 Å². The summed E-state index contributed by atoms with van der Waals surface area (Å²) < 4.78 is 39.0. The smallest absolute Gasteiger partial charge is 0.339 e. The summed E-state index contributed by atoms with van der Waals surface area (Å²) in [6, 6.07) is 7.56. The minimum Gasteiger partial charge on any atom is -0.339 e. The van der Waals surface area contributed by atoms with Crippen LogP contribution in [0.5, 0.6) is 0 Å². The molecular formula is C15H10F3N5.